The van der Waals surface area contributed by atoms with Gasteiger partial charge in [-0.15, -0.1) is 11.8 Å². The third-order valence-corrected chi connectivity index (χ3v) is 2.06. The molecule has 0 aliphatic carbocycles. The highest BCUT2D eigenvalue weighted by Gasteiger charge is 1.98. The fraction of sp³-hybridized carbons (Fsp3) is 0.250. The lowest BCUT2D eigenvalue weighted by Gasteiger charge is -1.98. The van der Waals surface area contributed by atoms with E-state index in [1.54, 1.807) is 6.07 Å². The fourth-order valence-corrected chi connectivity index (χ4v) is 1.33. The van der Waals surface area contributed by atoms with Crippen molar-refractivity contribution in [2.24, 2.45) is 0 Å². The lowest BCUT2D eigenvalue weighted by molar-refractivity contribution is 0.601. The minimum absolute atomic E-state index is 0.127. The number of hydrogen-bond donors (Lipinski definition) is 0. The number of benzene rings is 1. The van der Waals surface area contributed by atoms with Crippen LogP contribution in [0, 0.1) is 12.7 Å². The smallest absolute Gasteiger partial charge is 0.136 e. The third-order valence-electron chi connectivity index (χ3n) is 1.31. The molecule has 0 nitrogen and oxygen atoms in total. The molecule has 0 saturated heterocycles. The Hall–Kier alpha value is -0.500. The van der Waals surface area contributed by atoms with Gasteiger partial charge in [0.1, 0.15) is 5.82 Å². The summed E-state index contributed by atoms with van der Waals surface area (Å²) in [6.45, 7) is 1.96. The van der Waals surface area contributed by atoms with E-state index in [1.807, 2.05) is 19.2 Å². The second kappa shape index (κ2) is 3.06. The van der Waals surface area contributed by atoms with Crippen LogP contribution < -0.4 is 0 Å². The van der Waals surface area contributed by atoms with Crippen LogP contribution in [-0.4, -0.2) is 6.26 Å². The van der Waals surface area contributed by atoms with Crippen LogP contribution in [0.15, 0.2) is 23.1 Å². The summed E-state index contributed by atoms with van der Waals surface area (Å²) in [6, 6.07) is 5.12. The molecule has 0 aliphatic rings. The fourth-order valence-electron chi connectivity index (χ4n) is 0.767. The van der Waals surface area contributed by atoms with Gasteiger partial charge in [0, 0.05) is 4.90 Å². The van der Waals surface area contributed by atoms with Crippen molar-refractivity contribution in [3.63, 3.8) is 0 Å². The van der Waals surface area contributed by atoms with Crippen molar-refractivity contribution in [1.29, 1.82) is 0 Å². The van der Waals surface area contributed by atoms with Crippen molar-refractivity contribution in [3.8, 4) is 0 Å². The maximum Gasteiger partial charge on any atom is 0.136 e. The molecule has 0 unspecified atom stereocenters. The lowest BCUT2D eigenvalue weighted by atomic mass is 10.2. The van der Waals surface area contributed by atoms with Gasteiger partial charge in [-0.05, 0) is 30.9 Å². The summed E-state index contributed by atoms with van der Waals surface area (Å²) < 4.78 is 12.7. The quantitative estimate of drug-likeness (QED) is 0.563. The normalized spacial score (nSPS) is 9.90. The molecule has 1 aromatic rings. The van der Waals surface area contributed by atoms with E-state index in [-0.39, 0.29) is 5.82 Å². The molecular weight excluding hydrogens is 147 g/mol. The first kappa shape index (κ1) is 7.61. The zero-order valence-electron chi connectivity index (χ0n) is 6.02. The van der Waals surface area contributed by atoms with Crippen molar-refractivity contribution >= 4 is 11.8 Å². The van der Waals surface area contributed by atoms with Crippen LogP contribution in [0.3, 0.4) is 0 Å². The lowest BCUT2D eigenvalue weighted by Crippen LogP contribution is -1.80. The van der Waals surface area contributed by atoms with E-state index in [4.69, 9.17) is 0 Å². The average Bonchev–Trinajstić information content (AvgIpc) is 1.94. The third kappa shape index (κ3) is 1.51. The van der Waals surface area contributed by atoms with Gasteiger partial charge in [0.2, 0.25) is 0 Å². The second-order valence-corrected chi connectivity index (χ2v) is 2.99. The molecule has 1 rings (SSSR count). The summed E-state index contributed by atoms with van der Waals surface area (Å²) in [6.07, 6.45) is 1.87. The summed E-state index contributed by atoms with van der Waals surface area (Å²) in [7, 11) is 0. The maximum atomic E-state index is 12.7. The van der Waals surface area contributed by atoms with Crippen molar-refractivity contribution < 1.29 is 4.39 Å². The largest absolute Gasteiger partial charge is 0.206 e. The van der Waals surface area contributed by atoms with Gasteiger partial charge in [-0.3, -0.25) is 0 Å². The molecule has 0 spiro atoms. The van der Waals surface area contributed by atoms with Gasteiger partial charge in [0.05, 0.1) is 0 Å². The monoisotopic (exact) mass is 156 g/mol. The molecule has 0 aromatic heterocycles. The Morgan fingerprint density at radius 3 is 2.60 bits per heavy atom. The van der Waals surface area contributed by atoms with E-state index < -0.39 is 0 Å². The van der Waals surface area contributed by atoms with Crippen molar-refractivity contribution in [3.05, 3.63) is 29.6 Å². The molecule has 0 N–H and O–H groups in total. The molecule has 0 amide bonds. The Morgan fingerprint density at radius 2 is 2.10 bits per heavy atom. The first-order chi connectivity index (χ1) is 4.74. The predicted molar refractivity (Wildman–Crippen MR) is 42.9 cm³/mol. The molecule has 0 fully saturated rings. The van der Waals surface area contributed by atoms with Crippen LogP contribution in [-0.2, 0) is 0 Å². The number of thioether (sulfide) groups is 1. The highest BCUT2D eigenvalue weighted by atomic mass is 32.2. The molecule has 0 radical (unpaired) electrons. The predicted octanol–water partition coefficient (Wildman–Crippen LogP) is 2.86. The number of aryl methyl sites for hydroxylation is 1. The number of hydrogen-bond acceptors (Lipinski definition) is 1. The van der Waals surface area contributed by atoms with Crippen LogP contribution >= 0.6 is 11.8 Å². The van der Waals surface area contributed by atoms with E-state index >= 15 is 0 Å². The molecule has 0 heterocycles. The van der Waals surface area contributed by atoms with Crippen LogP contribution in [0.1, 0.15) is 5.56 Å². The Kier molecular flexibility index (Phi) is 2.33. The summed E-state index contributed by atoms with van der Waals surface area (Å²) in [4.78, 5) is 0.722. The van der Waals surface area contributed by atoms with Crippen molar-refractivity contribution in [1.82, 2.24) is 0 Å². The summed E-state index contributed by atoms with van der Waals surface area (Å²) in [5, 5.41) is 0. The van der Waals surface area contributed by atoms with Crippen LogP contribution in [0.5, 0.6) is 0 Å². The Bertz CT molecular complexity index is 233. The standard InChI is InChI=1S/C8H9FS/c1-6-3-4-7(9)8(5-6)10-2/h3-5H,1-2H3. The minimum Gasteiger partial charge on any atom is -0.206 e. The van der Waals surface area contributed by atoms with Crippen molar-refractivity contribution in [2.45, 2.75) is 11.8 Å². The van der Waals surface area contributed by atoms with Crippen LogP contribution in [0.25, 0.3) is 0 Å². The molecule has 0 aliphatic heterocycles. The van der Waals surface area contributed by atoms with Gasteiger partial charge < -0.3 is 0 Å². The van der Waals surface area contributed by atoms with E-state index in [0.717, 1.165) is 10.5 Å². The summed E-state index contributed by atoms with van der Waals surface area (Å²) in [5.74, 6) is -0.127. The van der Waals surface area contributed by atoms with Crippen molar-refractivity contribution in [2.75, 3.05) is 6.26 Å². The van der Waals surface area contributed by atoms with E-state index in [1.165, 1.54) is 17.8 Å². The topological polar surface area (TPSA) is 0 Å². The van der Waals surface area contributed by atoms with Gasteiger partial charge in [0.25, 0.3) is 0 Å². The molecule has 10 heavy (non-hydrogen) atoms. The molecule has 2 heteroatoms. The first-order valence-electron chi connectivity index (χ1n) is 3.04. The molecule has 0 saturated carbocycles. The summed E-state index contributed by atoms with van der Waals surface area (Å²) >= 11 is 1.43. The number of rotatable bonds is 1. The van der Waals surface area contributed by atoms with E-state index in [0.29, 0.717) is 0 Å². The number of halogens is 1. The van der Waals surface area contributed by atoms with Gasteiger partial charge in [-0.25, -0.2) is 4.39 Å². The van der Waals surface area contributed by atoms with Gasteiger partial charge in [0.15, 0.2) is 0 Å². The molecule has 0 bridgehead atoms. The molecular formula is C8H9FS. The first-order valence-corrected chi connectivity index (χ1v) is 4.26. The van der Waals surface area contributed by atoms with Gasteiger partial charge in [-0.1, -0.05) is 6.07 Å². The van der Waals surface area contributed by atoms with E-state index in [2.05, 4.69) is 0 Å². The van der Waals surface area contributed by atoms with Crippen LogP contribution in [0.2, 0.25) is 0 Å². The summed E-state index contributed by atoms with van der Waals surface area (Å²) in [5.41, 5.74) is 1.10. The highest BCUT2D eigenvalue weighted by molar-refractivity contribution is 7.98. The highest BCUT2D eigenvalue weighted by Crippen LogP contribution is 2.19. The average molecular weight is 156 g/mol. The maximum absolute atomic E-state index is 12.7. The second-order valence-electron chi connectivity index (χ2n) is 2.14. The van der Waals surface area contributed by atoms with Gasteiger partial charge in [-0.2, -0.15) is 0 Å². The Balaban J connectivity index is 3.09. The zero-order chi connectivity index (χ0) is 7.56. The zero-order valence-corrected chi connectivity index (χ0v) is 6.83. The minimum atomic E-state index is -0.127. The molecule has 0 atom stereocenters. The van der Waals surface area contributed by atoms with Gasteiger partial charge >= 0.3 is 0 Å². The van der Waals surface area contributed by atoms with E-state index in [9.17, 15) is 4.39 Å². The molecule has 54 valence electrons. The molecule has 1 aromatic carbocycles. The van der Waals surface area contributed by atoms with Crippen LogP contribution in [0.4, 0.5) is 4.39 Å². The Labute approximate surface area is 64.4 Å². The SMILES string of the molecule is CSc1cc(C)ccc1F. The Morgan fingerprint density at radius 1 is 1.40 bits per heavy atom.